The van der Waals surface area contributed by atoms with E-state index in [9.17, 15) is 4.79 Å². The number of halogens is 1. The highest BCUT2D eigenvalue weighted by Crippen LogP contribution is 2.21. The van der Waals surface area contributed by atoms with Gasteiger partial charge in [-0.25, -0.2) is 14.5 Å². The Morgan fingerprint density at radius 2 is 2.30 bits per heavy atom. The fraction of sp³-hybridized carbons (Fsp3) is 0.273. The molecular formula is C11H12ClN5O3. The van der Waals surface area contributed by atoms with Gasteiger partial charge in [0, 0.05) is 0 Å². The highest BCUT2D eigenvalue weighted by Gasteiger charge is 2.18. The summed E-state index contributed by atoms with van der Waals surface area (Å²) in [6.07, 6.45) is 2.78. The summed E-state index contributed by atoms with van der Waals surface area (Å²) in [4.78, 5) is 19.5. The number of ether oxygens (including phenoxy) is 2. The van der Waals surface area contributed by atoms with Gasteiger partial charge in [-0.15, -0.1) is 0 Å². The van der Waals surface area contributed by atoms with E-state index < -0.39 is 5.97 Å². The van der Waals surface area contributed by atoms with Gasteiger partial charge in [-0.05, 0) is 6.92 Å². The van der Waals surface area contributed by atoms with Crippen LogP contribution in [0.3, 0.4) is 0 Å². The molecule has 0 bridgehead atoms. The van der Waals surface area contributed by atoms with E-state index in [4.69, 9.17) is 26.8 Å². The molecule has 0 saturated heterocycles. The zero-order valence-electron chi connectivity index (χ0n) is 10.8. The zero-order valence-corrected chi connectivity index (χ0v) is 11.6. The van der Waals surface area contributed by atoms with Gasteiger partial charge in [-0.1, -0.05) is 11.6 Å². The molecule has 2 aromatic rings. The van der Waals surface area contributed by atoms with Crippen molar-refractivity contribution < 1.29 is 14.3 Å². The first kappa shape index (κ1) is 14.1. The molecule has 0 amide bonds. The molecule has 0 aliphatic heterocycles. The maximum Gasteiger partial charge on any atom is 0.361 e. The molecule has 0 atom stereocenters. The number of nitrogens with two attached hydrogens (primary N) is 1. The quantitative estimate of drug-likeness (QED) is 0.842. The number of hydrogen-bond donors (Lipinski definition) is 1. The van der Waals surface area contributed by atoms with Crippen molar-refractivity contribution in [2.75, 3.05) is 19.5 Å². The third-order valence-corrected chi connectivity index (χ3v) is 2.58. The molecule has 2 N–H and O–H groups in total. The van der Waals surface area contributed by atoms with Gasteiger partial charge in [-0.3, -0.25) is 0 Å². The van der Waals surface area contributed by atoms with Crippen LogP contribution in [0.2, 0.25) is 5.02 Å². The molecule has 20 heavy (non-hydrogen) atoms. The number of methoxy groups -OCH3 is 1. The molecule has 9 heteroatoms. The van der Waals surface area contributed by atoms with Gasteiger partial charge in [0.05, 0.1) is 31.8 Å². The Balaban J connectivity index is 2.44. The Labute approximate surface area is 119 Å². The van der Waals surface area contributed by atoms with Crippen LogP contribution < -0.4 is 10.5 Å². The summed E-state index contributed by atoms with van der Waals surface area (Å²) >= 11 is 5.99. The SMILES string of the molecule is CCOC(=O)c1nn(-c2nc(OC)ncc2Cl)cc1N. The number of rotatable bonds is 4. The maximum absolute atomic E-state index is 11.6. The lowest BCUT2D eigenvalue weighted by molar-refractivity contribution is 0.0520. The van der Waals surface area contributed by atoms with Crippen LogP contribution in [0.4, 0.5) is 5.69 Å². The highest BCUT2D eigenvalue weighted by atomic mass is 35.5. The molecule has 106 valence electrons. The first-order valence-corrected chi connectivity index (χ1v) is 6.03. The van der Waals surface area contributed by atoms with Gasteiger partial charge >= 0.3 is 12.0 Å². The van der Waals surface area contributed by atoms with E-state index in [0.717, 1.165) is 0 Å². The van der Waals surface area contributed by atoms with Crippen LogP contribution in [0.5, 0.6) is 6.01 Å². The Hall–Kier alpha value is -2.35. The summed E-state index contributed by atoms with van der Waals surface area (Å²) in [5.41, 5.74) is 5.89. The lowest BCUT2D eigenvalue weighted by atomic mass is 10.4. The van der Waals surface area contributed by atoms with E-state index in [0.29, 0.717) is 0 Å². The third kappa shape index (κ3) is 2.64. The Morgan fingerprint density at radius 3 is 2.95 bits per heavy atom. The fourth-order valence-corrected chi connectivity index (χ4v) is 1.63. The number of nitrogens with zero attached hydrogens (tertiary/aromatic N) is 4. The van der Waals surface area contributed by atoms with Crippen LogP contribution in [0.15, 0.2) is 12.4 Å². The Kier molecular flexibility index (Phi) is 4.04. The maximum atomic E-state index is 11.6. The number of hydrogen-bond acceptors (Lipinski definition) is 7. The normalized spacial score (nSPS) is 10.3. The van der Waals surface area contributed by atoms with Crippen LogP contribution in [0.25, 0.3) is 5.82 Å². The standard InChI is InChI=1S/C11H12ClN5O3/c1-3-20-10(18)8-7(13)5-17(16-8)9-6(12)4-14-11(15-9)19-2/h4-5H,3,13H2,1-2H3. The molecule has 8 nitrogen and oxygen atoms in total. The van der Waals surface area contributed by atoms with Crippen LogP contribution in [-0.4, -0.2) is 39.4 Å². The van der Waals surface area contributed by atoms with E-state index in [1.165, 1.54) is 24.2 Å². The zero-order chi connectivity index (χ0) is 14.7. The van der Waals surface area contributed by atoms with Crippen molar-refractivity contribution >= 4 is 23.3 Å². The summed E-state index contributed by atoms with van der Waals surface area (Å²) in [5.74, 6) is -0.360. The number of esters is 1. The van der Waals surface area contributed by atoms with Gasteiger partial charge in [0.2, 0.25) is 0 Å². The summed E-state index contributed by atoms with van der Waals surface area (Å²) in [6, 6.07) is 0.121. The molecular weight excluding hydrogens is 286 g/mol. The van der Waals surface area contributed by atoms with Crippen molar-refractivity contribution in [3.63, 3.8) is 0 Å². The lowest BCUT2D eigenvalue weighted by Gasteiger charge is -2.04. The number of anilines is 1. The first-order valence-electron chi connectivity index (χ1n) is 5.66. The number of carbonyl (C=O) groups is 1. The Morgan fingerprint density at radius 1 is 1.55 bits per heavy atom. The van der Waals surface area contributed by atoms with E-state index in [2.05, 4.69) is 15.1 Å². The van der Waals surface area contributed by atoms with Crippen LogP contribution in [0, 0.1) is 0 Å². The van der Waals surface area contributed by atoms with Crippen LogP contribution in [-0.2, 0) is 4.74 Å². The van der Waals surface area contributed by atoms with Crippen LogP contribution in [0.1, 0.15) is 17.4 Å². The molecule has 0 aliphatic rings. The molecule has 0 radical (unpaired) electrons. The van der Waals surface area contributed by atoms with E-state index >= 15 is 0 Å². The van der Waals surface area contributed by atoms with Gasteiger partial charge < -0.3 is 15.2 Å². The second-order valence-corrected chi connectivity index (χ2v) is 4.03. The summed E-state index contributed by atoms with van der Waals surface area (Å²) in [7, 11) is 1.43. The molecule has 2 heterocycles. The number of aromatic nitrogens is 4. The average molecular weight is 298 g/mol. The molecule has 0 fully saturated rings. The van der Waals surface area contributed by atoms with E-state index in [1.807, 2.05) is 0 Å². The van der Waals surface area contributed by atoms with E-state index in [-0.39, 0.29) is 34.8 Å². The fourth-order valence-electron chi connectivity index (χ4n) is 1.46. The molecule has 2 rings (SSSR count). The van der Waals surface area contributed by atoms with Gasteiger partial charge in [-0.2, -0.15) is 10.1 Å². The predicted octanol–water partition coefficient (Wildman–Crippen LogP) is 1.08. The van der Waals surface area contributed by atoms with Gasteiger partial charge in [0.25, 0.3) is 0 Å². The molecule has 0 aliphatic carbocycles. The monoisotopic (exact) mass is 297 g/mol. The largest absolute Gasteiger partial charge is 0.467 e. The van der Waals surface area contributed by atoms with Crippen molar-refractivity contribution in [1.29, 1.82) is 0 Å². The number of carbonyl (C=O) groups excluding carboxylic acids is 1. The minimum atomic E-state index is -0.610. The minimum Gasteiger partial charge on any atom is -0.467 e. The lowest BCUT2D eigenvalue weighted by Crippen LogP contribution is -2.09. The van der Waals surface area contributed by atoms with Gasteiger partial charge in [0.1, 0.15) is 5.02 Å². The van der Waals surface area contributed by atoms with Crippen molar-refractivity contribution in [3.05, 3.63) is 23.1 Å². The highest BCUT2D eigenvalue weighted by molar-refractivity contribution is 6.32. The second kappa shape index (κ2) is 5.74. The molecule has 0 unspecified atom stereocenters. The third-order valence-electron chi connectivity index (χ3n) is 2.31. The summed E-state index contributed by atoms with van der Waals surface area (Å²) in [5, 5.41) is 4.26. The molecule has 0 spiro atoms. The van der Waals surface area contributed by atoms with Crippen molar-refractivity contribution in [1.82, 2.24) is 19.7 Å². The summed E-state index contributed by atoms with van der Waals surface area (Å²) < 4.78 is 11.0. The second-order valence-electron chi connectivity index (χ2n) is 3.63. The first-order chi connectivity index (χ1) is 9.56. The molecule has 2 aromatic heterocycles. The van der Waals surface area contributed by atoms with Crippen molar-refractivity contribution in [3.8, 4) is 11.8 Å². The Bertz CT molecular complexity index is 643. The topological polar surface area (TPSA) is 105 Å². The van der Waals surface area contributed by atoms with Crippen LogP contribution >= 0.6 is 11.6 Å². The smallest absolute Gasteiger partial charge is 0.361 e. The average Bonchev–Trinajstić information content (AvgIpc) is 2.81. The minimum absolute atomic E-state index is 0.000459. The molecule has 0 aromatic carbocycles. The number of nitrogen functional groups attached to an aromatic ring is 1. The van der Waals surface area contributed by atoms with Crippen molar-refractivity contribution in [2.24, 2.45) is 0 Å². The molecule has 0 saturated carbocycles. The predicted molar refractivity (Wildman–Crippen MR) is 71.1 cm³/mol. The van der Waals surface area contributed by atoms with Crippen molar-refractivity contribution in [2.45, 2.75) is 6.92 Å². The van der Waals surface area contributed by atoms with E-state index in [1.54, 1.807) is 6.92 Å². The summed E-state index contributed by atoms with van der Waals surface area (Å²) in [6.45, 7) is 1.92. The van der Waals surface area contributed by atoms with Gasteiger partial charge in [0.15, 0.2) is 11.5 Å².